The average molecular weight is 409 g/mol. The highest BCUT2D eigenvalue weighted by atomic mass is 35.5. The zero-order chi connectivity index (χ0) is 19.5. The Balaban J connectivity index is 1.55. The van der Waals surface area contributed by atoms with Crippen LogP contribution in [0.3, 0.4) is 0 Å². The predicted octanol–water partition coefficient (Wildman–Crippen LogP) is 6.52. The number of nitrogens with one attached hydrogen (secondary N) is 1. The van der Waals surface area contributed by atoms with Gasteiger partial charge in [0.1, 0.15) is 10.8 Å². The fraction of sp³-hybridized carbons (Fsp3) is 0. The summed E-state index contributed by atoms with van der Waals surface area (Å²) < 4.78 is 13.0. The Hall–Kier alpha value is -3.02. The molecule has 0 fully saturated rings. The molecule has 6 heteroatoms. The number of anilines is 1. The molecule has 0 aliphatic heterocycles. The molecule has 1 N–H and O–H groups in total. The third-order valence-electron chi connectivity index (χ3n) is 4.12. The molecule has 3 aromatic carbocycles. The summed E-state index contributed by atoms with van der Waals surface area (Å²) >= 11 is 7.49. The molecule has 0 spiro atoms. The van der Waals surface area contributed by atoms with Crippen molar-refractivity contribution in [2.24, 2.45) is 0 Å². The van der Waals surface area contributed by atoms with Gasteiger partial charge in [-0.3, -0.25) is 4.79 Å². The van der Waals surface area contributed by atoms with Crippen LogP contribution in [0, 0.1) is 5.82 Å². The van der Waals surface area contributed by atoms with E-state index >= 15 is 0 Å². The Kier molecular flexibility index (Phi) is 5.19. The maximum atomic E-state index is 13.0. The van der Waals surface area contributed by atoms with Gasteiger partial charge in [-0.2, -0.15) is 0 Å². The Labute approximate surface area is 170 Å². The van der Waals surface area contributed by atoms with Gasteiger partial charge in [-0.25, -0.2) is 9.37 Å². The first-order valence-electron chi connectivity index (χ1n) is 8.47. The molecule has 138 valence electrons. The average Bonchev–Trinajstić information content (AvgIpc) is 3.19. The highest BCUT2D eigenvalue weighted by Gasteiger charge is 2.10. The summed E-state index contributed by atoms with van der Waals surface area (Å²) in [6.07, 6.45) is 0. The van der Waals surface area contributed by atoms with Gasteiger partial charge in [0, 0.05) is 32.8 Å². The number of rotatable bonds is 4. The summed E-state index contributed by atoms with van der Waals surface area (Å²) in [5.74, 6) is -0.671. The smallest absolute Gasteiger partial charge is 0.255 e. The Morgan fingerprint density at radius 3 is 2.46 bits per heavy atom. The van der Waals surface area contributed by atoms with Crippen LogP contribution in [-0.2, 0) is 0 Å². The van der Waals surface area contributed by atoms with Crippen molar-refractivity contribution in [1.82, 2.24) is 4.98 Å². The Bertz CT molecular complexity index is 1120. The summed E-state index contributed by atoms with van der Waals surface area (Å²) in [4.78, 5) is 17.0. The van der Waals surface area contributed by atoms with Crippen LogP contribution in [-0.4, -0.2) is 10.9 Å². The van der Waals surface area contributed by atoms with Crippen molar-refractivity contribution in [1.29, 1.82) is 0 Å². The van der Waals surface area contributed by atoms with E-state index in [1.807, 2.05) is 47.8 Å². The van der Waals surface area contributed by atoms with Crippen molar-refractivity contribution in [3.05, 3.63) is 94.6 Å². The zero-order valence-corrected chi connectivity index (χ0v) is 16.1. The van der Waals surface area contributed by atoms with Crippen LogP contribution in [0.25, 0.3) is 21.8 Å². The van der Waals surface area contributed by atoms with Crippen molar-refractivity contribution < 1.29 is 9.18 Å². The number of hydrogen-bond acceptors (Lipinski definition) is 3. The van der Waals surface area contributed by atoms with Gasteiger partial charge in [-0.15, -0.1) is 11.3 Å². The molecule has 0 atom stereocenters. The minimum absolute atomic E-state index is 0.294. The molecule has 1 amide bonds. The van der Waals surface area contributed by atoms with Crippen molar-refractivity contribution in [2.45, 2.75) is 0 Å². The molecule has 0 radical (unpaired) electrons. The maximum Gasteiger partial charge on any atom is 0.255 e. The summed E-state index contributed by atoms with van der Waals surface area (Å²) in [5.41, 5.74) is 3.76. The number of benzene rings is 3. The molecule has 0 aliphatic carbocycles. The number of hydrogen-bond donors (Lipinski definition) is 1. The summed E-state index contributed by atoms with van der Waals surface area (Å²) in [6.45, 7) is 0. The van der Waals surface area contributed by atoms with Crippen molar-refractivity contribution in [2.75, 3.05) is 5.32 Å². The van der Waals surface area contributed by atoms with Crippen LogP contribution in [0.4, 0.5) is 10.1 Å². The second kappa shape index (κ2) is 7.92. The monoisotopic (exact) mass is 408 g/mol. The third-order valence-corrected chi connectivity index (χ3v) is 5.26. The number of aromatic nitrogens is 1. The van der Waals surface area contributed by atoms with E-state index in [1.165, 1.54) is 24.3 Å². The lowest BCUT2D eigenvalue weighted by Crippen LogP contribution is -2.11. The Morgan fingerprint density at radius 2 is 1.71 bits per heavy atom. The van der Waals surface area contributed by atoms with E-state index in [9.17, 15) is 9.18 Å². The second-order valence-corrected chi connectivity index (χ2v) is 7.38. The van der Waals surface area contributed by atoms with Crippen LogP contribution in [0.1, 0.15) is 10.4 Å². The van der Waals surface area contributed by atoms with Gasteiger partial charge >= 0.3 is 0 Å². The van der Waals surface area contributed by atoms with Crippen molar-refractivity contribution >= 4 is 34.5 Å². The number of nitrogens with zero attached hydrogens (tertiary/aromatic N) is 1. The van der Waals surface area contributed by atoms with E-state index in [0.29, 0.717) is 16.3 Å². The quantitative estimate of drug-likeness (QED) is 0.417. The first kappa shape index (κ1) is 18.3. The lowest BCUT2D eigenvalue weighted by Gasteiger charge is -2.07. The number of amides is 1. The molecule has 28 heavy (non-hydrogen) atoms. The molecule has 4 aromatic rings. The van der Waals surface area contributed by atoms with Crippen LogP contribution in [0.15, 0.2) is 78.2 Å². The highest BCUT2D eigenvalue weighted by molar-refractivity contribution is 7.13. The lowest BCUT2D eigenvalue weighted by molar-refractivity contribution is 0.102. The van der Waals surface area contributed by atoms with Crippen LogP contribution in [0.5, 0.6) is 0 Å². The molecule has 1 aromatic heterocycles. The number of thiazole rings is 1. The Morgan fingerprint density at radius 1 is 0.964 bits per heavy atom. The normalized spacial score (nSPS) is 10.6. The van der Waals surface area contributed by atoms with Crippen molar-refractivity contribution in [3.8, 4) is 21.8 Å². The van der Waals surface area contributed by atoms with Gasteiger partial charge in [0.2, 0.25) is 0 Å². The molecule has 0 saturated heterocycles. The number of carbonyl (C=O) groups excluding carboxylic acids is 1. The standard InChI is InChI=1S/C22H14ClFN2OS/c23-17-8-4-15(5-9-17)22-26-20(13-28-22)16-2-1-3-19(12-16)25-21(27)14-6-10-18(24)11-7-14/h1-13H,(H,25,27). The van der Waals surface area contributed by atoms with E-state index in [-0.39, 0.29) is 11.7 Å². The predicted molar refractivity (Wildman–Crippen MR) is 112 cm³/mol. The van der Waals surface area contributed by atoms with E-state index in [4.69, 9.17) is 11.6 Å². The third kappa shape index (κ3) is 4.11. The SMILES string of the molecule is O=C(Nc1cccc(-c2csc(-c3ccc(Cl)cc3)n2)c1)c1ccc(F)cc1. The van der Waals surface area contributed by atoms with Crippen molar-refractivity contribution in [3.63, 3.8) is 0 Å². The molecule has 0 bridgehead atoms. The van der Waals surface area contributed by atoms with Crippen LogP contribution in [0.2, 0.25) is 5.02 Å². The van der Waals surface area contributed by atoms with Gasteiger partial charge in [0.25, 0.3) is 5.91 Å². The lowest BCUT2D eigenvalue weighted by atomic mass is 10.1. The van der Waals surface area contributed by atoms with E-state index < -0.39 is 0 Å². The van der Waals surface area contributed by atoms with Crippen LogP contribution < -0.4 is 5.32 Å². The van der Waals surface area contributed by atoms with Crippen LogP contribution >= 0.6 is 22.9 Å². The highest BCUT2D eigenvalue weighted by Crippen LogP contribution is 2.30. The number of carbonyl (C=O) groups is 1. The molecular weight excluding hydrogens is 395 g/mol. The fourth-order valence-electron chi connectivity index (χ4n) is 2.69. The molecule has 0 saturated carbocycles. The van der Waals surface area contributed by atoms with Gasteiger partial charge in [-0.1, -0.05) is 35.9 Å². The maximum absolute atomic E-state index is 13.0. The molecule has 0 unspecified atom stereocenters. The van der Waals surface area contributed by atoms with E-state index in [2.05, 4.69) is 10.3 Å². The molecule has 1 heterocycles. The largest absolute Gasteiger partial charge is 0.322 e. The summed E-state index contributed by atoms with van der Waals surface area (Å²) in [6, 6.07) is 20.4. The summed E-state index contributed by atoms with van der Waals surface area (Å²) in [7, 11) is 0. The van der Waals surface area contributed by atoms with E-state index in [1.54, 1.807) is 17.4 Å². The van der Waals surface area contributed by atoms with E-state index in [0.717, 1.165) is 21.8 Å². The van der Waals surface area contributed by atoms with Gasteiger partial charge in [-0.05, 0) is 48.5 Å². The first-order chi connectivity index (χ1) is 13.6. The minimum Gasteiger partial charge on any atom is -0.322 e. The first-order valence-corrected chi connectivity index (χ1v) is 9.73. The topological polar surface area (TPSA) is 42.0 Å². The van der Waals surface area contributed by atoms with Gasteiger partial charge < -0.3 is 5.32 Å². The molecule has 0 aliphatic rings. The fourth-order valence-corrected chi connectivity index (χ4v) is 3.65. The molecular formula is C22H14ClFN2OS. The summed E-state index contributed by atoms with van der Waals surface area (Å²) in [5, 5.41) is 6.39. The zero-order valence-electron chi connectivity index (χ0n) is 14.5. The van der Waals surface area contributed by atoms with Gasteiger partial charge in [0.05, 0.1) is 5.69 Å². The molecule has 3 nitrogen and oxygen atoms in total. The number of halogens is 2. The second-order valence-electron chi connectivity index (χ2n) is 6.09. The van der Waals surface area contributed by atoms with Gasteiger partial charge in [0.15, 0.2) is 0 Å². The molecule has 4 rings (SSSR count). The minimum atomic E-state index is -0.376.